The molecule has 5 heteroatoms. The van der Waals surface area contributed by atoms with Crippen molar-refractivity contribution >= 4 is 22.7 Å². The van der Waals surface area contributed by atoms with Crippen molar-refractivity contribution in [1.82, 2.24) is 4.98 Å². The van der Waals surface area contributed by atoms with Crippen molar-refractivity contribution in [2.75, 3.05) is 6.54 Å². The summed E-state index contributed by atoms with van der Waals surface area (Å²) < 4.78 is 19.2. The van der Waals surface area contributed by atoms with Gasteiger partial charge in [-0.1, -0.05) is 18.5 Å². The second-order valence-corrected chi connectivity index (χ2v) is 6.33. The summed E-state index contributed by atoms with van der Waals surface area (Å²) in [6.45, 7) is 2.74. The third-order valence-corrected chi connectivity index (χ3v) is 4.77. The zero-order valence-corrected chi connectivity index (χ0v) is 12.2. The molecule has 1 saturated carbocycles. The minimum Gasteiger partial charge on any atom is -0.438 e. The molecule has 1 heterocycles. The maximum absolute atomic E-state index is 13.4. The molecule has 1 fully saturated rings. The molecule has 0 unspecified atom stereocenters. The Labute approximate surface area is 122 Å². The van der Waals surface area contributed by atoms with Crippen LogP contribution in [0.3, 0.4) is 0 Å². The van der Waals surface area contributed by atoms with Gasteiger partial charge in [-0.2, -0.15) is 0 Å². The van der Waals surface area contributed by atoms with E-state index in [9.17, 15) is 4.39 Å². The minimum absolute atomic E-state index is 0.231. The van der Waals surface area contributed by atoms with Crippen LogP contribution in [-0.2, 0) is 5.41 Å². The summed E-state index contributed by atoms with van der Waals surface area (Å²) in [7, 11) is 0. The van der Waals surface area contributed by atoms with Crippen molar-refractivity contribution in [3.8, 4) is 0 Å². The predicted octanol–water partition coefficient (Wildman–Crippen LogP) is 4.03. The van der Waals surface area contributed by atoms with E-state index in [1.807, 2.05) is 0 Å². The van der Waals surface area contributed by atoms with E-state index in [-0.39, 0.29) is 10.4 Å². The summed E-state index contributed by atoms with van der Waals surface area (Å²) in [5.74, 6) is 0.913. The van der Waals surface area contributed by atoms with Crippen LogP contribution in [0.25, 0.3) is 11.1 Å². The molecule has 2 N–H and O–H groups in total. The molecular weight excluding hydrogens is 279 g/mol. The fourth-order valence-electron chi connectivity index (χ4n) is 3.01. The first-order valence-corrected chi connectivity index (χ1v) is 7.38. The molecule has 0 radical (unpaired) electrons. The van der Waals surface area contributed by atoms with Gasteiger partial charge < -0.3 is 10.2 Å². The van der Waals surface area contributed by atoms with E-state index in [4.69, 9.17) is 21.8 Å². The van der Waals surface area contributed by atoms with Gasteiger partial charge in [-0.25, -0.2) is 9.37 Å². The summed E-state index contributed by atoms with van der Waals surface area (Å²) in [6, 6.07) is 2.60. The highest BCUT2D eigenvalue weighted by Crippen LogP contribution is 2.42. The van der Waals surface area contributed by atoms with Crippen LogP contribution in [-0.4, -0.2) is 11.5 Å². The monoisotopic (exact) mass is 296 g/mol. The Balaban J connectivity index is 2.06. The summed E-state index contributed by atoms with van der Waals surface area (Å²) in [6.07, 6.45) is 4.13. The fraction of sp³-hybridized carbons (Fsp3) is 0.533. The number of fused-ring (bicyclic) bond motifs is 1. The molecule has 3 rings (SSSR count). The molecule has 0 amide bonds. The van der Waals surface area contributed by atoms with E-state index in [1.165, 1.54) is 12.1 Å². The lowest BCUT2D eigenvalue weighted by Crippen LogP contribution is -2.38. The lowest BCUT2D eigenvalue weighted by atomic mass is 9.71. The minimum atomic E-state index is -0.401. The number of nitrogens with zero attached hydrogens (tertiary/aromatic N) is 1. The standard InChI is InChI=1S/C15H18ClFN2O/c1-9-2-4-15(8-18,5-3-9)14-19-12-7-10(17)6-11(16)13(12)20-14/h6-7,9H,2-5,8,18H2,1H3. The Morgan fingerprint density at radius 2 is 2.15 bits per heavy atom. The number of hydrogen-bond acceptors (Lipinski definition) is 3. The van der Waals surface area contributed by atoms with Crippen LogP contribution >= 0.6 is 11.6 Å². The average molecular weight is 297 g/mol. The SMILES string of the molecule is CC1CCC(CN)(c2nc3cc(F)cc(Cl)c3o2)CC1. The summed E-state index contributed by atoms with van der Waals surface area (Å²) in [4.78, 5) is 4.45. The smallest absolute Gasteiger partial charge is 0.203 e. The van der Waals surface area contributed by atoms with E-state index in [0.717, 1.165) is 25.7 Å². The van der Waals surface area contributed by atoms with Crippen molar-refractivity contribution in [2.24, 2.45) is 11.7 Å². The Kier molecular flexibility index (Phi) is 3.46. The van der Waals surface area contributed by atoms with Crippen LogP contribution in [0, 0.1) is 11.7 Å². The molecule has 0 spiro atoms. The zero-order valence-electron chi connectivity index (χ0n) is 11.5. The van der Waals surface area contributed by atoms with Crippen molar-refractivity contribution in [3.05, 3.63) is 28.9 Å². The molecule has 1 aliphatic rings. The van der Waals surface area contributed by atoms with E-state index >= 15 is 0 Å². The predicted molar refractivity (Wildman–Crippen MR) is 77.3 cm³/mol. The third kappa shape index (κ3) is 2.21. The molecule has 1 aliphatic carbocycles. The molecule has 3 nitrogen and oxygen atoms in total. The molecule has 0 aliphatic heterocycles. The van der Waals surface area contributed by atoms with E-state index in [2.05, 4.69) is 11.9 Å². The first-order chi connectivity index (χ1) is 9.54. The first kappa shape index (κ1) is 13.8. The second kappa shape index (κ2) is 5.01. The van der Waals surface area contributed by atoms with Gasteiger partial charge in [0.05, 0.1) is 10.4 Å². The van der Waals surface area contributed by atoms with Crippen molar-refractivity contribution in [2.45, 2.75) is 38.0 Å². The van der Waals surface area contributed by atoms with E-state index in [0.29, 0.717) is 29.5 Å². The van der Waals surface area contributed by atoms with E-state index in [1.54, 1.807) is 0 Å². The molecule has 0 atom stereocenters. The molecule has 20 heavy (non-hydrogen) atoms. The number of halogens is 2. The van der Waals surface area contributed by atoms with Gasteiger partial charge >= 0.3 is 0 Å². The lowest BCUT2D eigenvalue weighted by molar-refractivity contribution is 0.210. The first-order valence-electron chi connectivity index (χ1n) is 7.00. The summed E-state index contributed by atoms with van der Waals surface area (Å²) >= 11 is 6.02. The van der Waals surface area contributed by atoms with Crippen LogP contribution in [0.4, 0.5) is 4.39 Å². The second-order valence-electron chi connectivity index (χ2n) is 5.92. The van der Waals surface area contributed by atoms with Crippen LogP contribution in [0.2, 0.25) is 5.02 Å². The van der Waals surface area contributed by atoms with Crippen LogP contribution in [0.15, 0.2) is 16.5 Å². The molecule has 2 aromatic rings. The normalized spacial score (nSPS) is 27.1. The Bertz CT molecular complexity index is 632. The lowest BCUT2D eigenvalue weighted by Gasteiger charge is -2.35. The zero-order chi connectivity index (χ0) is 14.3. The Morgan fingerprint density at radius 1 is 1.45 bits per heavy atom. The summed E-state index contributed by atoms with van der Waals surface area (Å²) in [5, 5.41) is 0.259. The molecule has 1 aromatic heterocycles. The van der Waals surface area contributed by atoms with Crippen molar-refractivity contribution < 1.29 is 8.81 Å². The largest absolute Gasteiger partial charge is 0.438 e. The quantitative estimate of drug-likeness (QED) is 0.910. The highest BCUT2D eigenvalue weighted by molar-refractivity contribution is 6.34. The fourth-order valence-corrected chi connectivity index (χ4v) is 3.25. The number of rotatable bonds is 2. The maximum atomic E-state index is 13.4. The highest BCUT2D eigenvalue weighted by atomic mass is 35.5. The Morgan fingerprint density at radius 3 is 2.80 bits per heavy atom. The van der Waals surface area contributed by atoms with Gasteiger partial charge in [0.15, 0.2) is 5.58 Å². The number of aromatic nitrogens is 1. The number of hydrogen-bond donors (Lipinski definition) is 1. The van der Waals surface area contributed by atoms with Gasteiger partial charge in [0.1, 0.15) is 11.3 Å². The number of benzene rings is 1. The number of oxazole rings is 1. The van der Waals surface area contributed by atoms with Crippen LogP contribution in [0.5, 0.6) is 0 Å². The number of nitrogens with two attached hydrogens (primary N) is 1. The average Bonchev–Trinajstić information content (AvgIpc) is 2.85. The summed E-state index contributed by atoms with van der Waals surface area (Å²) in [5.41, 5.74) is 6.69. The van der Waals surface area contributed by atoms with Gasteiger partial charge in [-0.05, 0) is 37.7 Å². The van der Waals surface area contributed by atoms with Gasteiger partial charge in [0.2, 0.25) is 5.89 Å². The van der Waals surface area contributed by atoms with Gasteiger partial charge in [-0.15, -0.1) is 0 Å². The molecule has 108 valence electrons. The van der Waals surface area contributed by atoms with Crippen molar-refractivity contribution in [3.63, 3.8) is 0 Å². The van der Waals surface area contributed by atoms with Gasteiger partial charge in [0.25, 0.3) is 0 Å². The third-order valence-electron chi connectivity index (χ3n) is 4.49. The Hall–Kier alpha value is -1.13. The van der Waals surface area contributed by atoms with Gasteiger partial charge in [-0.3, -0.25) is 0 Å². The van der Waals surface area contributed by atoms with E-state index < -0.39 is 5.82 Å². The van der Waals surface area contributed by atoms with Crippen LogP contribution in [0.1, 0.15) is 38.5 Å². The maximum Gasteiger partial charge on any atom is 0.203 e. The molecular formula is C15H18ClFN2O. The molecule has 0 bridgehead atoms. The molecule has 0 saturated heterocycles. The van der Waals surface area contributed by atoms with Crippen LogP contribution < -0.4 is 5.73 Å². The highest BCUT2D eigenvalue weighted by Gasteiger charge is 2.39. The topological polar surface area (TPSA) is 52.0 Å². The van der Waals surface area contributed by atoms with Crippen molar-refractivity contribution in [1.29, 1.82) is 0 Å². The van der Waals surface area contributed by atoms with Gasteiger partial charge in [0, 0.05) is 12.6 Å². The molecule has 1 aromatic carbocycles.